The van der Waals surface area contributed by atoms with E-state index < -0.39 is 0 Å². The average molecular weight is 259 g/mol. The minimum atomic E-state index is -0.258. The number of hydrogen-bond donors (Lipinski definition) is 1. The molecular formula is C16H18FNO. The molecule has 0 radical (unpaired) electrons. The van der Waals surface area contributed by atoms with E-state index in [1.54, 1.807) is 6.07 Å². The molecule has 0 spiro atoms. The van der Waals surface area contributed by atoms with Gasteiger partial charge < -0.3 is 10.5 Å². The van der Waals surface area contributed by atoms with Gasteiger partial charge in [-0.3, -0.25) is 0 Å². The van der Waals surface area contributed by atoms with Crippen LogP contribution in [0.25, 0.3) is 11.1 Å². The molecule has 0 aromatic heterocycles. The summed E-state index contributed by atoms with van der Waals surface area (Å²) in [5.74, 6) is 0.580. The molecular weight excluding hydrogens is 241 g/mol. The Morgan fingerprint density at radius 1 is 1.05 bits per heavy atom. The maximum atomic E-state index is 13.7. The van der Waals surface area contributed by atoms with E-state index in [2.05, 4.69) is 6.92 Å². The number of benzene rings is 2. The van der Waals surface area contributed by atoms with Crippen LogP contribution in [0, 0.1) is 5.82 Å². The van der Waals surface area contributed by atoms with Crippen LogP contribution in [0.5, 0.6) is 5.75 Å². The molecule has 0 unspecified atom stereocenters. The van der Waals surface area contributed by atoms with Crippen molar-refractivity contribution in [2.75, 3.05) is 6.61 Å². The number of rotatable bonds is 5. The van der Waals surface area contributed by atoms with Gasteiger partial charge in [-0.1, -0.05) is 31.2 Å². The standard InChI is InChI=1S/C16H18FNO/c1-2-9-19-15-7-5-12(6-8-15)13-3-4-14(11-18)16(17)10-13/h3-8,10H,2,9,11,18H2,1H3. The lowest BCUT2D eigenvalue weighted by Gasteiger charge is -2.07. The molecule has 0 atom stereocenters. The third-order valence-electron chi connectivity index (χ3n) is 2.93. The molecule has 0 bridgehead atoms. The normalized spacial score (nSPS) is 10.5. The zero-order valence-electron chi connectivity index (χ0n) is 11.0. The number of hydrogen-bond acceptors (Lipinski definition) is 2. The van der Waals surface area contributed by atoms with Gasteiger partial charge in [-0.2, -0.15) is 0 Å². The van der Waals surface area contributed by atoms with E-state index in [0.717, 1.165) is 23.3 Å². The zero-order chi connectivity index (χ0) is 13.7. The van der Waals surface area contributed by atoms with Gasteiger partial charge in [-0.25, -0.2) is 4.39 Å². The van der Waals surface area contributed by atoms with Gasteiger partial charge in [0.25, 0.3) is 0 Å². The van der Waals surface area contributed by atoms with Gasteiger partial charge in [-0.15, -0.1) is 0 Å². The third kappa shape index (κ3) is 3.32. The monoisotopic (exact) mass is 259 g/mol. The summed E-state index contributed by atoms with van der Waals surface area (Å²) in [6, 6.07) is 12.8. The Morgan fingerprint density at radius 3 is 2.32 bits per heavy atom. The smallest absolute Gasteiger partial charge is 0.128 e. The summed E-state index contributed by atoms with van der Waals surface area (Å²) in [7, 11) is 0. The fraction of sp³-hybridized carbons (Fsp3) is 0.250. The van der Waals surface area contributed by atoms with Crippen LogP contribution in [0.1, 0.15) is 18.9 Å². The minimum Gasteiger partial charge on any atom is -0.494 e. The summed E-state index contributed by atoms with van der Waals surface area (Å²) in [6.45, 7) is 2.99. The molecule has 100 valence electrons. The first-order chi connectivity index (χ1) is 9.24. The topological polar surface area (TPSA) is 35.2 Å². The SMILES string of the molecule is CCCOc1ccc(-c2ccc(CN)c(F)c2)cc1. The highest BCUT2D eigenvalue weighted by Crippen LogP contribution is 2.24. The van der Waals surface area contributed by atoms with Gasteiger partial charge in [0, 0.05) is 12.1 Å². The summed E-state index contributed by atoms with van der Waals surface area (Å²) in [6.07, 6.45) is 0.980. The summed E-state index contributed by atoms with van der Waals surface area (Å²) < 4.78 is 19.2. The summed E-state index contributed by atoms with van der Waals surface area (Å²) in [4.78, 5) is 0. The van der Waals surface area contributed by atoms with Crippen molar-refractivity contribution in [2.24, 2.45) is 5.73 Å². The minimum absolute atomic E-state index is 0.218. The van der Waals surface area contributed by atoms with E-state index in [1.807, 2.05) is 30.3 Å². The van der Waals surface area contributed by atoms with Crippen molar-refractivity contribution in [1.29, 1.82) is 0 Å². The van der Waals surface area contributed by atoms with Crippen LogP contribution < -0.4 is 10.5 Å². The van der Waals surface area contributed by atoms with Gasteiger partial charge in [0.2, 0.25) is 0 Å². The van der Waals surface area contributed by atoms with Crippen LogP contribution in [-0.4, -0.2) is 6.61 Å². The Bertz CT molecular complexity index is 537. The van der Waals surface area contributed by atoms with E-state index >= 15 is 0 Å². The van der Waals surface area contributed by atoms with Crippen molar-refractivity contribution >= 4 is 0 Å². The Balaban J connectivity index is 2.19. The largest absolute Gasteiger partial charge is 0.494 e. The molecule has 2 aromatic rings. The molecule has 0 saturated carbocycles. The Morgan fingerprint density at radius 2 is 1.74 bits per heavy atom. The van der Waals surface area contributed by atoms with Crippen LogP contribution in [0.15, 0.2) is 42.5 Å². The van der Waals surface area contributed by atoms with Gasteiger partial charge in [0.15, 0.2) is 0 Å². The van der Waals surface area contributed by atoms with Crippen molar-refractivity contribution < 1.29 is 9.13 Å². The zero-order valence-corrected chi connectivity index (χ0v) is 11.0. The predicted octanol–water partition coefficient (Wildman–Crippen LogP) is 3.74. The van der Waals surface area contributed by atoms with Crippen molar-refractivity contribution in [3.8, 4) is 16.9 Å². The molecule has 2 rings (SSSR count). The lowest BCUT2D eigenvalue weighted by Crippen LogP contribution is -1.99. The molecule has 2 nitrogen and oxygen atoms in total. The first-order valence-corrected chi connectivity index (χ1v) is 6.46. The maximum Gasteiger partial charge on any atom is 0.128 e. The number of halogens is 1. The molecule has 0 heterocycles. The van der Waals surface area contributed by atoms with Crippen LogP contribution in [-0.2, 0) is 6.54 Å². The second kappa shape index (κ2) is 6.34. The molecule has 19 heavy (non-hydrogen) atoms. The van der Waals surface area contributed by atoms with E-state index in [0.29, 0.717) is 12.2 Å². The lowest BCUT2D eigenvalue weighted by atomic mass is 10.0. The maximum absolute atomic E-state index is 13.7. The quantitative estimate of drug-likeness (QED) is 0.887. The molecule has 2 aromatic carbocycles. The van der Waals surface area contributed by atoms with E-state index in [4.69, 9.17) is 10.5 Å². The van der Waals surface area contributed by atoms with Gasteiger partial charge >= 0.3 is 0 Å². The van der Waals surface area contributed by atoms with Crippen molar-refractivity contribution in [1.82, 2.24) is 0 Å². The Kier molecular flexibility index (Phi) is 4.53. The highest BCUT2D eigenvalue weighted by molar-refractivity contribution is 5.64. The molecule has 3 heteroatoms. The van der Waals surface area contributed by atoms with Crippen molar-refractivity contribution in [3.63, 3.8) is 0 Å². The van der Waals surface area contributed by atoms with E-state index in [9.17, 15) is 4.39 Å². The van der Waals surface area contributed by atoms with Crippen LogP contribution in [0.2, 0.25) is 0 Å². The third-order valence-corrected chi connectivity index (χ3v) is 2.93. The predicted molar refractivity (Wildman–Crippen MR) is 75.5 cm³/mol. The van der Waals surface area contributed by atoms with Gasteiger partial charge in [0.1, 0.15) is 11.6 Å². The second-order valence-corrected chi connectivity index (χ2v) is 4.38. The molecule has 0 aliphatic rings. The van der Waals surface area contributed by atoms with Crippen LogP contribution >= 0.6 is 0 Å². The second-order valence-electron chi connectivity index (χ2n) is 4.38. The summed E-state index contributed by atoms with van der Waals surface area (Å²) in [5.41, 5.74) is 7.79. The molecule has 0 fully saturated rings. The lowest BCUT2D eigenvalue weighted by molar-refractivity contribution is 0.317. The molecule has 0 saturated heterocycles. The fourth-order valence-electron chi connectivity index (χ4n) is 1.86. The first kappa shape index (κ1) is 13.6. The summed E-state index contributed by atoms with van der Waals surface area (Å²) >= 11 is 0. The molecule has 0 aliphatic carbocycles. The van der Waals surface area contributed by atoms with E-state index in [1.165, 1.54) is 6.07 Å². The highest BCUT2D eigenvalue weighted by atomic mass is 19.1. The first-order valence-electron chi connectivity index (χ1n) is 6.46. The van der Waals surface area contributed by atoms with Crippen molar-refractivity contribution in [3.05, 3.63) is 53.8 Å². The Labute approximate surface area is 113 Å². The van der Waals surface area contributed by atoms with Crippen LogP contribution in [0.4, 0.5) is 4.39 Å². The molecule has 0 aliphatic heterocycles. The average Bonchev–Trinajstić information content (AvgIpc) is 2.45. The van der Waals surface area contributed by atoms with Crippen molar-refractivity contribution in [2.45, 2.75) is 19.9 Å². The van der Waals surface area contributed by atoms with E-state index in [-0.39, 0.29) is 12.4 Å². The number of ether oxygens (including phenoxy) is 1. The van der Waals surface area contributed by atoms with Gasteiger partial charge in [-0.05, 0) is 35.7 Å². The molecule has 2 N–H and O–H groups in total. The van der Waals surface area contributed by atoms with Gasteiger partial charge in [0.05, 0.1) is 6.61 Å². The fourth-order valence-corrected chi connectivity index (χ4v) is 1.86. The summed E-state index contributed by atoms with van der Waals surface area (Å²) in [5, 5.41) is 0. The highest BCUT2D eigenvalue weighted by Gasteiger charge is 2.04. The number of nitrogens with two attached hydrogens (primary N) is 1. The molecule has 0 amide bonds. The van der Waals surface area contributed by atoms with Crippen LogP contribution in [0.3, 0.4) is 0 Å². The Hall–Kier alpha value is -1.87.